The van der Waals surface area contributed by atoms with Crippen molar-refractivity contribution in [3.05, 3.63) is 50.5 Å². The lowest BCUT2D eigenvalue weighted by atomic mass is 10.1. The number of pyridine rings is 1. The Labute approximate surface area is 142 Å². The van der Waals surface area contributed by atoms with E-state index in [1.807, 2.05) is 6.07 Å². The fourth-order valence-electron chi connectivity index (χ4n) is 2.83. The average molecular weight is 384 g/mol. The van der Waals surface area contributed by atoms with Crippen molar-refractivity contribution >= 4 is 33.3 Å². The van der Waals surface area contributed by atoms with Crippen LogP contribution in [0.4, 0.5) is 5.82 Å². The number of aliphatic hydroxyl groups excluding tert-OH is 1. The number of ether oxygens (including phenoxy) is 1. The van der Waals surface area contributed by atoms with Gasteiger partial charge in [0.2, 0.25) is 5.88 Å². The van der Waals surface area contributed by atoms with Crippen LogP contribution in [0.5, 0.6) is 5.88 Å². The van der Waals surface area contributed by atoms with Crippen LogP contribution >= 0.6 is 27.5 Å². The van der Waals surface area contributed by atoms with Crippen LogP contribution in [0.15, 0.2) is 28.7 Å². The molecule has 0 saturated heterocycles. The number of anilines is 1. The summed E-state index contributed by atoms with van der Waals surface area (Å²) in [6.45, 7) is -0.157. The first kappa shape index (κ1) is 15.6. The van der Waals surface area contributed by atoms with Crippen LogP contribution in [0.2, 0.25) is 5.02 Å². The van der Waals surface area contributed by atoms with Gasteiger partial charge >= 0.3 is 0 Å². The Kier molecular flexibility index (Phi) is 4.57. The second-order valence-electron chi connectivity index (χ2n) is 5.19. The first-order chi connectivity index (χ1) is 10.6. The van der Waals surface area contributed by atoms with Gasteiger partial charge in [0.05, 0.1) is 24.8 Å². The molecule has 0 bridgehead atoms. The van der Waals surface area contributed by atoms with Crippen molar-refractivity contribution in [2.45, 2.75) is 25.5 Å². The summed E-state index contributed by atoms with van der Waals surface area (Å²) < 4.78 is 6.35. The fourth-order valence-corrected chi connectivity index (χ4v) is 3.63. The first-order valence-corrected chi connectivity index (χ1v) is 8.19. The van der Waals surface area contributed by atoms with Crippen molar-refractivity contribution in [1.82, 2.24) is 4.98 Å². The highest BCUT2D eigenvalue weighted by molar-refractivity contribution is 9.10. The second-order valence-corrected chi connectivity index (χ2v) is 6.45. The van der Waals surface area contributed by atoms with Crippen molar-refractivity contribution < 1.29 is 9.84 Å². The van der Waals surface area contributed by atoms with Crippen LogP contribution in [0, 0.1) is 0 Å². The van der Waals surface area contributed by atoms with Crippen molar-refractivity contribution in [2.24, 2.45) is 0 Å². The monoisotopic (exact) mass is 382 g/mol. The quantitative estimate of drug-likeness (QED) is 0.834. The van der Waals surface area contributed by atoms with Gasteiger partial charge in [-0.1, -0.05) is 39.7 Å². The summed E-state index contributed by atoms with van der Waals surface area (Å²) in [5.41, 5.74) is 3.17. The van der Waals surface area contributed by atoms with Crippen LogP contribution < -0.4 is 10.1 Å². The van der Waals surface area contributed by atoms with Crippen molar-refractivity contribution in [2.75, 3.05) is 12.4 Å². The number of aromatic nitrogens is 1. The minimum Gasteiger partial charge on any atom is -0.481 e. The van der Waals surface area contributed by atoms with Gasteiger partial charge in [-0.2, -0.15) is 4.98 Å². The zero-order valence-corrected chi connectivity index (χ0v) is 14.4. The SMILES string of the molecule is COc1nc(NC2CCc3c(Br)cccc32)c(Cl)cc1CO. The van der Waals surface area contributed by atoms with Crippen LogP contribution in [0.3, 0.4) is 0 Å². The smallest absolute Gasteiger partial charge is 0.220 e. The number of methoxy groups -OCH3 is 1. The minimum atomic E-state index is -0.157. The lowest BCUT2D eigenvalue weighted by molar-refractivity contribution is 0.271. The highest BCUT2D eigenvalue weighted by Crippen LogP contribution is 2.39. The van der Waals surface area contributed by atoms with Crippen LogP contribution in [-0.4, -0.2) is 17.2 Å². The maximum atomic E-state index is 9.31. The summed E-state index contributed by atoms with van der Waals surface area (Å²) in [7, 11) is 1.53. The van der Waals surface area contributed by atoms with Gasteiger partial charge in [0.15, 0.2) is 0 Å². The van der Waals surface area contributed by atoms with E-state index in [1.165, 1.54) is 18.2 Å². The molecule has 0 radical (unpaired) electrons. The van der Waals surface area contributed by atoms with Gasteiger partial charge in [-0.05, 0) is 36.1 Å². The van der Waals surface area contributed by atoms with Gasteiger partial charge in [0.1, 0.15) is 5.82 Å². The molecule has 1 aliphatic carbocycles. The van der Waals surface area contributed by atoms with E-state index in [4.69, 9.17) is 16.3 Å². The molecule has 4 nitrogen and oxygen atoms in total. The Bertz CT molecular complexity index is 709. The average Bonchev–Trinajstić information content (AvgIpc) is 2.93. The van der Waals surface area contributed by atoms with Gasteiger partial charge < -0.3 is 15.2 Å². The molecule has 1 aliphatic rings. The molecule has 22 heavy (non-hydrogen) atoms. The summed E-state index contributed by atoms with van der Waals surface area (Å²) >= 11 is 9.87. The molecule has 1 atom stereocenters. The molecular formula is C16H16BrClN2O2. The summed E-state index contributed by atoms with van der Waals surface area (Å²) in [6.07, 6.45) is 2.00. The van der Waals surface area contributed by atoms with E-state index in [2.05, 4.69) is 38.4 Å². The normalized spacial score (nSPS) is 16.5. The van der Waals surface area contributed by atoms with Gasteiger partial charge in [-0.3, -0.25) is 0 Å². The standard InChI is InChI=1S/C16H16BrClN2O2/c1-22-16-9(8-21)7-13(18)15(20-16)19-14-6-5-10-11(14)3-2-4-12(10)17/h2-4,7,14,21H,5-6,8H2,1H3,(H,19,20). The Morgan fingerprint density at radius 1 is 1.50 bits per heavy atom. The van der Waals surface area contributed by atoms with Gasteiger partial charge in [0.25, 0.3) is 0 Å². The van der Waals surface area contributed by atoms with E-state index in [9.17, 15) is 5.11 Å². The molecule has 2 N–H and O–H groups in total. The predicted octanol–water partition coefficient (Wildman–Crippen LogP) is 4.10. The summed E-state index contributed by atoms with van der Waals surface area (Å²) in [4.78, 5) is 4.38. The fraction of sp³-hybridized carbons (Fsp3) is 0.312. The Morgan fingerprint density at radius 2 is 2.32 bits per heavy atom. The molecule has 1 heterocycles. The third kappa shape index (κ3) is 2.81. The molecule has 116 valence electrons. The third-order valence-electron chi connectivity index (χ3n) is 3.90. The van der Waals surface area contributed by atoms with Crippen molar-refractivity contribution in [1.29, 1.82) is 0 Å². The van der Waals surface area contributed by atoms with Crippen molar-refractivity contribution in [3.8, 4) is 5.88 Å². The number of fused-ring (bicyclic) bond motifs is 1. The van der Waals surface area contributed by atoms with E-state index in [0.29, 0.717) is 22.3 Å². The van der Waals surface area contributed by atoms with Gasteiger partial charge in [0, 0.05) is 10.0 Å². The molecular weight excluding hydrogens is 368 g/mol. The molecule has 1 aromatic heterocycles. The molecule has 0 fully saturated rings. The Hall–Kier alpha value is -1.30. The summed E-state index contributed by atoms with van der Waals surface area (Å²) in [5.74, 6) is 0.968. The molecule has 0 amide bonds. The molecule has 1 aromatic carbocycles. The number of hydrogen-bond donors (Lipinski definition) is 2. The first-order valence-electron chi connectivity index (χ1n) is 7.02. The number of halogens is 2. The molecule has 3 rings (SSSR count). The van der Waals surface area contributed by atoms with Gasteiger partial charge in [-0.25, -0.2) is 0 Å². The number of aliphatic hydroxyl groups is 1. The van der Waals surface area contributed by atoms with E-state index in [-0.39, 0.29) is 12.6 Å². The highest BCUT2D eigenvalue weighted by Gasteiger charge is 2.25. The zero-order valence-electron chi connectivity index (χ0n) is 12.1. The lowest BCUT2D eigenvalue weighted by Gasteiger charge is -2.17. The number of rotatable bonds is 4. The maximum Gasteiger partial charge on any atom is 0.220 e. The van der Waals surface area contributed by atoms with E-state index >= 15 is 0 Å². The number of hydrogen-bond acceptors (Lipinski definition) is 4. The van der Waals surface area contributed by atoms with Crippen LogP contribution in [0.25, 0.3) is 0 Å². The van der Waals surface area contributed by atoms with Crippen LogP contribution in [-0.2, 0) is 13.0 Å². The topological polar surface area (TPSA) is 54.4 Å². The lowest BCUT2D eigenvalue weighted by Crippen LogP contribution is -2.10. The summed E-state index contributed by atoms with van der Waals surface area (Å²) in [6, 6.07) is 8.07. The van der Waals surface area contributed by atoms with E-state index in [1.54, 1.807) is 6.07 Å². The van der Waals surface area contributed by atoms with E-state index < -0.39 is 0 Å². The molecule has 1 unspecified atom stereocenters. The maximum absolute atomic E-state index is 9.31. The van der Waals surface area contributed by atoms with Crippen LogP contribution in [0.1, 0.15) is 29.2 Å². The Balaban J connectivity index is 1.91. The minimum absolute atomic E-state index is 0.157. The third-order valence-corrected chi connectivity index (χ3v) is 4.93. The zero-order chi connectivity index (χ0) is 15.7. The highest BCUT2D eigenvalue weighted by atomic mass is 79.9. The summed E-state index contributed by atoms with van der Waals surface area (Å²) in [5, 5.41) is 13.2. The number of benzene rings is 1. The molecule has 2 aromatic rings. The number of nitrogens with zero attached hydrogens (tertiary/aromatic N) is 1. The van der Waals surface area contributed by atoms with E-state index in [0.717, 1.165) is 17.3 Å². The number of nitrogens with one attached hydrogen (secondary N) is 1. The van der Waals surface area contributed by atoms with Crippen molar-refractivity contribution in [3.63, 3.8) is 0 Å². The second kappa shape index (κ2) is 6.44. The molecule has 0 saturated carbocycles. The molecule has 0 aliphatic heterocycles. The van der Waals surface area contributed by atoms with Gasteiger partial charge in [-0.15, -0.1) is 0 Å². The Morgan fingerprint density at radius 3 is 3.05 bits per heavy atom. The predicted molar refractivity (Wildman–Crippen MR) is 90.5 cm³/mol. The largest absolute Gasteiger partial charge is 0.481 e. The molecule has 6 heteroatoms. The molecule has 0 spiro atoms.